The van der Waals surface area contributed by atoms with Gasteiger partial charge >= 0.3 is 0 Å². The van der Waals surface area contributed by atoms with Crippen molar-refractivity contribution in [1.29, 1.82) is 0 Å². The monoisotopic (exact) mass is 350 g/mol. The lowest BCUT2D eigenvalue weighted by Gasteiger charge is -2.07. The Morgan fingerprint density at radius 2 is 2.08 bits per heavy atom. The Kier molecular flexibility index (Phi) is 3.91. The normalized spacial score (nSPS) is 13.9. The number of fused-ring (bicyclic) bond motifs is 1. The van der Waals surface area contributed by atoms with E-state index in [2.05, 4.69) is 20.3 Å². The summed E-state index contributed by atoms with van der Waals surface area (Å²) in [6.07, 6.45) is 5.31. The number of nitrogens with one attached hydrogen (secondary N) is 1. The lowest BCUT2D eigenvalue weighted by molar-refractivity contribution is 0.417. The molecule has 7 heteroatoms. The molecule has 0 radical (unpaired) electrons. The second kappa shape index (κ2) is 6.37. The summed E-state index contributed by atoms with van der Waals surface area (Å²) in [5, 5.41) is 13.9. The number of nitrogens with zero attached hydrogens (tertiary/aromatic N) is 3. The number of rotatable bonds is 4. The molecule has 2 aromatic heterocycles. The van der Waals surface area contributed by atoms with Crippen molar-refractivity contribution in [3.05, 3.63) is 53.0 Å². The largest absolute Gasteiger partial charge is 0.495 e. The maximum atomic E-state index is 10.2. The van der Waals surface area contributed by atoms with Crippen molar-refractivity contribution in [2.45, 2.75) is 0 Å². The SMILES string of the molecule is COc1ccccc1Nc1nc(O)c(C=C2C=Nc3ncccc32)s1. The van der Waals surface area contributed by atoms with Crippen molar-refractivity contribution in [2.24, 2.45) is 4.99 Å². The molecule has 2 N–H and O–H groups in total. The molecule has 0 bridgehead atoms. The van der Waals surface area contributed by atoms with Crippen LogP contribution < -0.4 is 10.1 Å². The molecular formula is C18H14N4O2S. The van der Waals surface area contributed by atoms with E-state index >= 15 is 0 Å². The van der Waals surface area contributed by atoms with E-state index in [1.807, 2.05) is 42.5 Å². The van der Waals surface area contributed by atoms with Crippen LogP contribution in [0.1, 0.15) is 10.4 Å². The van der Waals surface area contributed by atoms with E-state index in [-0.39, 0.29) is 5.88 Å². The zero-order valence-corrected chi connectivity index (χ0v) is 14.1. The molecule has 1 aliphatic heterocycles. The van der Waals surface area contributed by atoms with E-state index in [4.69, 9.17) is 4.74 Å². The van der Waals surface area contributed by atoms with Crippen molar-refractivity contribution < 1.29 is 9.84 Å². The van der Waals surface area contributed by atoms with E-state index in [1.165, 1.54) is 11.3 Å². The Labute approximate surface area is 148 Å². The number of aromatic nitrogens is 2. The quantitative estimate of drug-likeness (QED) is 0.735. The molecule has 0 spiro atoms. The number of benzene rings is 1. The fourth-order valence-corrected chi connectivity index (χ4v) is 3.34. The van der Waals surface area contributed by atoms with Crippen molar-refractivity contribution in [3.63, 3.8) is 0 Å². The fourth-order valence-electron chi connectivity index (χ4n) is 2.52. The van der Waals surface area contributed by atoms with Gasteiger partial charge in [-0.3, -0.25) is 0 Å². The van der Waals surface area contributed by atoms with E-state index in [9.17, 15) is 5.11 Å². The summed E-state index contributed by atoms with van der Waals surface area (Å²) in [5.74, 6) is 1.37. The van der Waals surface area contributed by atoms with Crippen molar-refractivity contribution in [1.82, 2.24) is 9.97 Å². The average molecular weight is 350 g/mol. The molecule has 6 nitrogen and oxygen atoms in total. The number of pyridine rings is 1. The van der Waals surface area contributed by atoms with Gasteiger partial charge in [0.15, 0.2) is 10.9 Å². The van der Waals surface area contributed by atoms with Crippen LogP contribution in [-0.4, -0.2) is 28.4 Å². The Morgan fingerprint density at radius 3 is 2.96 bits per heavy atom. The Bertz CT molecular complexity index is 994. The zero-order valence-electron chi connectivity index (χ0n) is 13.3. The van der Waals surface area contributed by atoms with Crippen LogP contribution in [0.25, 0.3) is 11.6 Å². The predicted octanol–water partition coefficient (Wildman–Crippen LogP) is 4.25. The molecule has 3 heterocycles. The van der Waals surface area contributed by atoms with Crippen LogP contribution in [0.5, 0.6) is 11.6 Å². The Morgan fingerprint density at radius 1 is 1.20 bits per heavy atom. The third-order valence-electron chi connectivity index (χ3n) is 3.69. The van der Waals surface area contributed by atoms with Crippen molar-refractivity contribution >= 4 is 45.8 Å². The number of allylic oxidation sites excluding steroid dienone is 1. The molecule has 0 amide bonds. The van der Waals surface area contributed by atoms with Gasteiger partial charge in [0.05, 0.1) is 17.7 Å². The molecule has 1 aliphatic rings. The first-order chi connectivity index (χ1) is 12.2. The zero-order chi connectivity index (χ0) is 17.2. The van der Waals surface area contributed by atoms with Crippen LogP contribution in [0.15, 0.2) is 47.6 Å². The summed E-state index contributed by atoms with van der Waals surface area (Å²) in [6, 6.07) is 11.4. The van der Waals surface area contributed by atoms with Crippen molar-refractivity contribution in [3.8, 4) is 11.6 Å². The van der Waals surface area contributed by atoms with E-state index in [1.54, 1.807) is 19.5 Å². The fraction of sp³-hybridized carbons (Fsp3) is 0.0556. The molecule has 1 aromatic carbocycles. The maximum absolute atomic E-state index is 10.2. The van der Waals surface area contributed by atoms with Gasteiger partial charge in [0.2, 0.25) is 5.88 Å². The van der Waals surface area contributed by atoms with Gasteiger partial charge in [0.1, 0.15) is 5.75 Å². The number of hydrogen-bond acceptors (Lipinski definition) is 7. The highest BCUT2D eigenvalue weighted by Crippen LogP contribution is 2.37. The molecule has 4 rings (SSSR count). The second-order valence-electron chi connectivity index (χ2n) is 5.26. The van der Waals surface area contributed by atoms with Gasteiger partial charge in [-0.05, 0) is 30.3 Å². The molecule has 0 fully saturated rings. The number of para-hydroxylation sites is 2. The van der Waals surface area contributed by atoms with Crippen LogP contribution >= 0.6 is 11.3 Å². The highest BCUT2D eigenvalue weighted by Gasteiger charge is 2.16. The number of ether oxygens (including phenoxy) is 1. The number of aliphatic imine (C=N–C) groups is 1. The average Bonchev–Trinajstić information content (AvgIpc) is 3.20. The number of hydrogen-bond donors (Lipinski definition) is 2. The summed E-state index contributed by atoms with van der Waals surface area (Å²) in [4.78, 5) is 13.3. The second-order valence-corrected chi connectivity index (χ2v) is 6.30. The van der Waals surface area contributed by atoms with Crippen LogP contribution in [0.2, 0.25) is 0 Å². The van der Waals surface area contributed by atoms with Crippen LogP contribution in [-0.2, 0) is 0 Å². The van der Waals surface area contributed by atoms with Crippen LogP contribution in [0.3, 0.4) is 0 Å². The molecule has 0 aliphatic carbocycles. The van der Waals surface area contributed by atoms with Gasteiger partial charge in [0.25, 0.3) is 0 Å². The Hall–Kier alpha value is -3.19. The molecule has 0 saturated heterocycles. The van der Waals surface area contributed by atoms with Gasteiger partial charge in [-0.25, -0.2) is 9.98 Å². The highest BCUT2D eigenvalue weighted by molar-refractivity contribution is 7.16. The van der Waals surface area contributed by atoms with E-state index < -0.39 is 0 Å². The Balaban J connectivity index is 1.64. The van der Waals surface area contributed by atoms with E-state index in [0.717, 1.165) is 16.8 Å². The van der Waals surface area contributed by atoms with Gasteiger partial charge < -0.3 is 15.2 Å². The number of methoxy groups -OCH3 is 1. The van der Waals surface area contributed by atoms with Crippen LogP contribution in [0, 0.1) is 0 Å². The van der Waals surface area contributed by atoms with Crippen molar-refractivity contribution in [2.75, 3.05) is 12.4 Å². The summed E-state index contributed by atoms with van der Waals surface area (Å²) in [7, 11) is 1.61. The van der Waals surface area contributed by atoms with Gasteiger partial charge in [-0.2, -0.15) is 4.98 Å². The smallest absolute Gasteiger partial charge is 0.231 e. The molecule has 25 heavy (non-hydrogen) atoms. The summed E-state index contributed by atoms with van der Waals surface area (Å²) >= 11 is 1.35. The number of aromatic hydroxyl groups is 1. The predicted molar refractivity (Wildman–Crippen MR) is 100 cm³/mol. The standard InChI is InChI=1S/C18H14N4O2S/c1-24-14-7-3-2-6-13(14)21-18-22-17(23)15(25-18)9-11-10-20-16-12(11)5-4-8-19-16/h2-10,23H,1H3,(H,21,22). The lowest BCUT2D eigenvalue weighted by Crippen LogP contribution is -1.93. The third kappa shape index (κ3) is 2.97. The number of thiazole rings is 1. The summed E-state index contributed by atoms with van der Waals surface area (Å²) < 4.78 is 5.32. The molecule has 124 valence electrons. The molecule has 3 aromatic rings. The first-order valence-electron chi connectivity index (χ1n) is 7.55. The molecule has 0 atom stereocenters. The third-order valence-corrected chi connectivity index (χ3v) is 4.60. The molecule has 0 unspecified atom stereocenters. The molecule has 0 saturated carbocycles. The summed E-state index contributed by atoms with van der Waals surface area (Å²) in [6.45, 7) is 0. The first kappa shape index (κ1) is 15.3. The molecular weight excluding hydrogens is 336 g/mol. The summed E-state index contributed by atoms with van der Waals surface area (Å²) in [5.41, 5.74) is 2.62. The lowest BCUT2D eigenvalue weighted by atomic mass is 10.1. The first-order valence-corrected chi connectivity index (χ1v) is 8.37. The number of anilines is 2. The van der Waals surface area contributed by atoms with E-state index in [0.29, 0.717) is 21.6 Å². The van der Waals surface area contributed by atoms with Gasteiger partial charge in [0, 0.05) is 23.5 Å². The maximum Gasteiger partial charge on any atom is 0.231 e. The topological polar surface area (TPSA) is 79.6 Å². The minimum absolute atomic E-state index is 0.0272. The minimum atomic E-state index is -0.0272. The van der Waals surface area contributed by atoms with Gasteiger partial charge in [-0.15, -0.1) is 0 Å². The van der Waals surface area contributed by atoms with Crippen LogP contribution in [0.4, 0.5) is 16.6 Å². The minimum Gasteiger partial charge on any atom is -0.495 e. The highest BCUT2D eigenvalue weighted by atomic mass is 32.1. The van der Waals surface area contributed by atoms with Gasteiger partial charge in [-0.1, -0.05) is 23.5 Å².